The smallest absolute Gasteiger partial charge is 0.289 e. The number of nitriles is 1. The number of nitro groups is 1. The van der Waals surface area contributed by atoms with Crippen molar-refractivity contribution in [1.82, 2.24) is 0 Å². The third-order valence-electron chi connectivity index (χ3n) is 3.33. The third kappa shape index (κ3) is 5.27. The molecule has 0 aliphatic rings. The highest BCUT2D eigenvalue weighted by molar-refractivity contribution is 7.89. The van der Waals surface area contributed by atoms with Crippen LogP contribution in [0.2, 0.25) is 5.02 Å². The number of carbonyl (C=O) groups is 1. The van der Waals surface area contributed by atoms with Crippen molar-refractivity contribution >= 4 is 44.6 Å². The van der Waals surface area contributed by atoms with E-state index in [1.807, 2.05) is 0 Å². The van der Waals surface area contributed by atoms with Crippen LogP contribution in [-0.4, -0.2) is 19.2 Å². The van der Waals surface area contributed by atoms with Crippen molar-refractivity contribution in [2.24, 2.45) is 5.14 Å². The van der Waals surface area contributed by atoms with Crippen molar-refractivity contribution < 1.29 is 18.1 Å². The van der Waals surface area contributed by atoms with Crippen LogP contribution in [0, 0.1) is 21.4 Å². The molecule has 10 nitrogen and oxygen atoms in total. The molecule has 0 saturated carbocycles. The number of carbonyl (C=O) groups excluding carboxylic acids is 1. The Hall–Kier alpha value is -3.46. The summed E-state index contributed by atoms with van der Waals surface area (Å²) < 4.78 is 22.4. The van der Waals surface area contributed by atoms with Crippen LogP contribution in [0.4, 0.5) is 17.1 Å². The van der Waals surface area contributed by atoms with Crippen molar-refractivity contribution in [3.8, 4) is 6.07 Å². The summed E-state index contributed by atoms with van der Waals surface area (Å²) in [5.41, 5.74) is -0.180. The number of benzene rings is 2. The second-order valence-corrected chi connectivity index (χ2v) is 7.23. The van der Waals surface area contributed by atoms with E-state index in [-0.39, 0.29) is 32.6 Å². The van der Waals surface area contributed by atoms with E-state index in [9.17, 15) is 23.3 Å². The van der Waals surface area contributed by atoms with E-state index in [0.717, 1.165) is 12.3 Å². The molecule has 0 fully saturated rings. The molecule has 1 amide bonds. The van der Waals surface area contributed by atoms with E-state index in [2.05, 4.69) is 10.6 Å². The number of hydrogen-bond donors (Lipinski definition) is 3. The van der Waals surface area contributed by atoms with Crippen molar-refractivity contribution in [2.45, 2.75) is 4.90 Å². The number of halogens is 1. The first-order chi connectivity index (χ1) is 13.1. The van der Waals surface area contributed by atoms with Crippen LogP contribution in [0.5, 0.6) is 0 Å². The third-order valence-corrected chi connectivity index (χ3v) is 4.58. The molecule has 0 saturated heterocycles. The van der Waals surface area contributed by atoms with Gasteiger partial charge in [-0.2, -0.15) is 5.26 Å². The quantitative estimate of drug-likeness (QED) is 0.278. The molecule has 2 aromatic rings. The Kier molecular flexibility index (Phi) is 6.32. The van der Waals surface area contributed by atoms with Gasteiger partial charge in [-0.1, -0.05) is 11.6 Å². The molecule has 0 heterocycles. The van der Waals surface area contributed by atoms with Gasteiger partial charge < -0.3 is 10.6 Å². The van der Waals surface area contributed by atoms with Crippen LogP contribution in [0.25, 0.3) is 0 Å². The number of nitrogens with zero attached hydrogens (tertiary/aromatic N) is 2. The lowest BCUT2D eigenvalue weighted by Crippen LogP contribution is -2.15. The Bertz CT molecular complexity index is 1110. The van der Waals surface area contributed by atoms with Crippen LogP contribution >= 0.6 is 11.6 Å². The predicted octanol–water partition coefficient (Wildman–Crippen LogP) is 2.35. The van der Waals surface area contributed by atoms with Gasteiger partial charge in [0.05, 0.1) is 9.82 Å². The molecule has 0 aliphatic heterocycles. The summed E-state index contributed by atoms with van der Waals surface area (Å²) in [5, 5.41) is 30.0. The highest BCUT2D eigenvalue weighted by Gasteiger charge is 2.14. The first-order valence-corrected chi connectivity index (χ1v) is 9.29. The predicted molar refractivity (Wildman–Crippen MR) is 102 cm³/mol. The largest absolute Gasteiger partial charge is 0.360 e. The summed E-state index contributed by atoms with van der Waals surface area (Å²) in [4.78, 5) is 22.2. The standard InChI is InChI=1S/C16H12ClN5O5S/c17-14-6-3-12(7-15(14)22(24)25)20-9-10(8-18)16(23)21-11-1-4-13(5-2-11)28(19,26)27/h1-7,9,20H,(H,21,23)(H2,19,26,27)/b10-9-. The first kappa shape index (κ1) is 20.8. The molecule has 2 aromatic carbocycles. The van der Waals surface area contributed by atoms with Gasteiger partial charge in [0.2, 0.25) is 10.0 Å². The highest BCUT2D eigenvalue weighted by Crippen LogP contribution is 2.27. The maximum absolute atomic E-state index is 12.2. The monoisotopic (exact) mass is 421 g/mol. The van der Waals surface area contributed by atoms with E-state index < -0.39 is 20.9 Å². The number of anilines is 2. The summed E-state index contributed by atoms with van der Waals surface area (Å²) in [7, 11) is -3.86. The van der Waals surface area contributed by atoms with Gasteiger partial charge in [-0.25, -0.2) is 13.6 Å². The number of hydrogen-bond acceptors (Lipinski definition) is 7. The fourth-order valence-corrected chi connectivity index (χ4v) is 2.67. The SMILES string of the molecule is N#C/C(=C/Nc1ccc(Cl)c([N+](=O)[O-])c1)C(=O)Nc1ccc(S(N)(=O)=O)cc1. The Labute approximate surface area is 164 Å². The molecule has 0 atom stereocenters. The lowest BCUT2D eigenvalue weighted by molar-refractivity contribution is -0.384. The van der Waals surface area contributed by atoms with E-state index in [1.165, 1.54) is 36.4 Å². The number of rotatable bonds is 6. The molecule has 0 aliphatic carbocycles. The summed E-state index contributed by atoms with van der Waals surface area (Å²) >= 11 is 5.71. The first-order valence-electron chi connectivity index (χ1n) is 7.37. The molecule has 28 heavy (non-hydrogen) atoms. The van der Waals surface area contributed by atoms with Crippen LogP contribution in [0.1, 0.15) is 0 Å². The highest BCUT2D eigenvalue weighted by atomic mass is 35.5. The molecule has 0 bridgehead atoms. The van der Waals surface area contributed by atoms with Crippen LogP contribution < -0.4 is 15.8 Å². The molecule has 0 radical (unpaired) electrons. The van der Waals surface area contributed by atoms with Crippen LogP contribution in [0.15, 0.2) is 59.1 Å². The Balaban J connectivity index is 2.14. The lowest BCUT2D eigenvalue weighted by Gasteiger charge is -2.06. The van der Waals surface area contributed by atoms with Crippen molar-refractivity contribution in [1.29, 1.82) is 5.26 Å². The van der Waals surface area contributed by atoms with E-state index >= 15 is 0 Å². The molecule has 2 rings (SSSR count). The van der Waals surface area contributed by atoms with Crippen LogP contribution in [-0.2, 0) is 14.8 Å². The van der Waals surface area contributed by atoms with E-state index in [0.29, 0.717) is 0 Å². The molecular weight excluding hydrogens is 410 g/mol. The zero-order valence-electron chi connectivity index (χ0n) is 13.9. The van der Waals surface area contributed by atoms with Crippen molar-refractivity contribution in [3.63, 3.8) is 0 Å². The van der Waals surface area contributed by atoms with Gasteiger partial charge >= 0.3 is 0 Å². The zero-order chi connectivity index (χ0) is 20.9. The summed E-state index contributed by atoms with van der Waals surface area (Å²) in [6.07, 6.45) is 1.07. The average Bonchev–Trinajstić information content (AvgIpc) is 2.63. The Morgan fingerprint density at radius 3 is 2.36 bits per heavy atom. The minimum Gasteiger partial charge on any atom is -0.360 e. The van der Waals surface area contributed by atoms with E-state index in [4.69, 9.17) is 22.0 Å². The normalized spacial score (nSPS) is 11.4. The Morgan fingerprint density at radius 1 is 1.21 bits per heavy atom. The maximum Gasteiger partial charge on any atom is 0.289 e. The molecule has 0 aromatic heterocycles. The summed E-state index contributed by atoms with van der Waals surface area (Å²) in [6, 6.07) is 10.6. The Morgan fingerprint density at radius 2 is 1.82 bits per heavy atom. The fourth-order valence-electron chi connectivity index (χ4n) is 1.97. The number of nitro benzene ring substituents is 1. The molecule has 144 valence electrons. The van der Waals surface area contributed by atoms with E-state index in [1.54, 1.807) is 6.07 Å². The number of nitrogens with two attached hydrogens (primary N) is 1. The fraction of sp³-hybridized carbons (Fsp3) is 0. The summed E-state index contributed by atoms with van der Waals surface area (Å²) in [6.45, 7) is 0. The number of amides is 1. The second-order valence-electron chi connectivity index (χ2n) is 5.26. The maximum atomic E-state index is 12.2. The van der Waals surface area contributed by atoms with Gasteiger partial charge in [0, 0.05) is 23.6 Å². The molecular formula is C16H12ClN5O5S. The van der Waals surface area contributed by atoms with Gasteiger partial charge in [-0.3, -0.25) is 14.9 Å². The lowest BCUT2D eigenvalue weighted by atomic mass is 10.2. The average molecular weight is 422 g/mol. The van der Waals surface area contributed by atoms with Gasteiger partial charge in [0.25, 0.3) is 11.6 Å². The zero-order valence-corrected chi connectivity index (χ0v) is 15.5. The minimum absolute atomic E-state index is 0.0549. The molecule has 0 unspecified atom stereocenters. The summed E-state index contributed by atoms with van der Waals surface area (Å²) in [5.74, 6) is -0.776. The van der Waals surface area contributed by atoms with Gasteiger partial charge in [-0.05, 0) is 36.4 Å². The topological polar surface area (TPSA) is 168 Å². The molecule has 0 spiro atoms. The number of nitrogens with one attached hydrogen (secondary N) is 2. The van der Waals surface area contributed by atoms with Crippen molar-refractivity contribution in [3.05, 3.63) is 69.4 Å². The van der Waals surface area contributed by atoms with Gasteiger partial charge in [0.1, 0.15) is 16.7 Å². The second kappa shape index (κ2) is 8.49. The molecule has 4 N–H and O–H groups in total. The van der Waals surface area contributed by atoms with Crippen LogP contribution in [0.3, 0.4) is 0 Å². The molecule has 12 heteroatoms. The number of primary sulfonamides is 1. The van der Waals surface area contributed by atoms with Crippen molar-refractivity contribution in [2.75, 3.05) is 10.6 Å². The minimum atomic E-state index is -3.86. The van der Waals surface area contributed by atoms with Gasteiger partial charge in [-0.15, -0.1) is 0 Å². The van der Waals surface area contributed by atoms with Gasteiger partial charge in [0.15, 0.2) is 0 Å². The number of sulfonamides is 1.